The van der Waals surface area contributed by atoms with Gasteiger partial charge in [-0.2, -0.15) is 5.10 Å². The number of nitrogens with one attached hydrogen (secondary N) is 1. The van der Waals surface area contributed by atoms with Crippen LogP contribution >= 0.6 is 11.6 Å². The van der Waals surface area contributed by atoms with Crippen LogP contribution in [0.5, 0.6) is 0 Å². The first-order chi connectivity index (χ1) is 11.2. The van der Waals surface area contributed by atoms with E-state index in [1.165, 1.54) is 0 Å². The number of hydrazone groups is 1. The van der Waals surface area contributed by atoms with E-state index in [0.29, 0.717) is 0 Å². The zero-order chi connectivity index (χ0) is 15.8. The average Bonchev–Trinajstić information content (AvgIpc) is 3.05. The zero-order valence-corrected chi connectivity index (χ0v) is 13.4. The third kappa shape index (κ3) is 2.55. The van der Waals surface area contributed by atoms with Crippen molar-refractivity contribution in [2.45, 2.75) is 19.4 Å². The van der Waals surface area contributed by atoms with Crippen molar-refractivity contribution in [2.75, 3.05) is 0 Å². The highest BCUT2D eigenvalue weighted by Crippen LogP contribution is 2.27. The highest BCUT2D eigenvalue weighted by molar-refractivity contribution is 6.30. The Morgan fingerprint density at radius 3 is 2.83 bits per heavy atom. The Kier molecular flexibility index (Phi) is 3.46. The number of fused-ring (bicyclic) bond motifs is 1. The van der Waals surface area contributed by atoms with Gasteiger partial charge in [0.2, 0.25) is 0 Å². The highest BCUT2D eigenvalue weighted by Gasteiger charge is 2.24. The maximum absolute atomic E-state index is 6.08. The summed E-state index contributed by atoms with van der Waals surface area (Å²) in [6.07, 6.45) is 0.772. The molecule has 0 spiro atoms. The molecule has 0 saturated carbocycles. The van der Waals surface area contributed by atoms with Crippen LogP contribution in [0, 0.1) is 6.92 Å². The molecule has 1 aliphatic rings. The second-order valence-electron chi connectivity index (χ2n) is 5.69. The van der Waals surface area contributed by atoms with Crippen LogP contribution < -0.4 is 5.43 Å². The molecule has 0 bridgehead atoms. The predicted octanol–water partition coefficient (Wildman–Crippen LogP) is 4.03. The molecule has 0 aliphatic carbocycles. The van der Waals surface area contributed by atoms with Crippen molar-refractivity contribution in [3.8, 4) is 0 Å². The summed E-state index contributed by atoms with van der Waals surface area (Å²) in [6.45, 7) is 2.07. The fourth-order valence-electron chi connectivity index (χ4n) is 2.96. The van der Waals surface area contributed by atoms with Crippen molar-refractivity contribution in [2.24, 2.45) is 5.10 Å². The normalized spacial score (nSPS) is 17.1. The molecule has 114 valence electrons. The minimum atomic E-state index is 0.122. The minimum absolute atomic E-state index is 0.122. The van der Waals surface area contributed by atoms with Gasteiger partial charge in [-0.1, -0.05) is 41.9 Å². The van der Waals surface area contributed by atoms with Crippen LogP contribution in [0.1, 0.15) is 29.3 Å². The molecule has 0 radical (unpaired) electrons. The van der Waals surface area contributed by atoms with E-state index < -0.39 is 0 Å². The van der Waals surface area contributed by atoms with Crippen molar-refractivity contribution < 1.29 is 0 Å². The third-order valence-corrected chi connectivity index (χ3v) is 4.43. The molecule has 1 atom stereocenters. The molecule has 23 heavy (non-hydrogen) atoms. The number of aryl methyl sites for hydroxylation is 1. The van der Waals surface area contributed by atoms with Crippen molar-refractivity contribution in [1.82, 2.24) is 15.6 Å². The summed E-state index contributed by atoms with van der Waals surface area (Å²) in [5.74, 6) is 0. The molecule has 0 fully saturated rings. The Balaban J connectivity index is 1.66. The molecule has 5 heteroatoms. The van der Waals surface area contributed by atoms with E-state index in [2.05, 4.69) is 39.8 Å². The molecule has 3 aromatic rings. The first-order valence-electron chi connectivity index (χ1n) is 7.52. The Morgan fingerprint density at radius 2 is 1.96 bits per heavy atom. The molecule has 1 aromatic heterocycles. The first kappa shape index (κ1) is 14.2. The molecule has 1 N–H and O–H groups in total. The summed E-state index contributed by atoms with van der Waals surface area (Å²) in [7, 11) is 0. The van der Waals surface area contributed by atoms with Gasteiger partial charge in [0.05, 0.1) is 17.3 Å². The van der Waals surface area contributed by atoms with Crippen molar-refractivity contribution in [3.05, 3.63) is 70.4 Å². The first-order valence-corrected chi connectivity index (χ1v) is 7.90. The van der Waals surface area contributed by atoms with Crippen LogP contribution in [0.15, 0.2) is 53.6 Å². The monoisotopic (exact) mass is 322 g/mol. The van der Waals surface area contributed by atoms with Gasteiger partial charge in [-0.25, -0.2) is 0 Å². The Bertz CT molecular complexity index is 920. The Labute approximate surface area is 139 Å². The molecule has 2 aromatic carbocycles. The number of hydrogen-bond donors (Lipinski definition) is 1. The predicted molar refractivity (Wildman–Crippen MR) is 92.8 cm³/mol. The Hall–Kier alpha value is -2.46. The smallest absolute Gasteiger partial charge is 0.113 e. The van der Waals surface area contributed by atoms with Crippen molar-refractivity contribution >= 4 is 28.2 Å². The second kappa shape index (κ2) is 5.63. The molecule has 2 heterocycles. The average molecular weight is 323 g/mol. The van der Waals surface area contributed by atoms with E-state index in [-0.39, 0.29) is 6.04 Å². The van der Waals surface area contributed by atoms with Gasteiger partial charge in [-0.3, -0.25) is 0 Å². The Morgan fingerprint density at radius 1 is 1.09 bits per heavy atom. The van der Waals surface area contributed by atoms with Crippen molar-refractivity contribution in [3.63, 3.8) is 0 Å². The molecule has 0 amide bonds. The topological polar surface area (TPSA) is 50.2 Å². The lowest BCUT2D eigenvalue weighted by atomic mass is 9.99. The maximum Gasteiger partial charge on any atom is 0.113 e. The summed E-state index contributed by atoms with van der Waals surface area (Å²) >= 11 is 6.08. The van der Waals surface area contributed by atoms with Gasteiger partial charge in [-0.15, -0.1) is 10.2 Å². The van der Waals surface area contributed by atoms with E-state index in [9.17, 15) is 0 Å². The van der Waals surface area contributed by atoms with Crippen LogP contribution in [0.3, 0.4) is 0 Å². The summed E-state index contributed by atoms with van der Waals surface area (Å²) in [5.41, 5.74) is 8.13. The minimum Gasteiger partial charge on any atom is -0.302 e. The molecular weight excluding hydrogens is 308 g/mol. The van der Waals surface area contributed by atoms with Crippen LogP contribution in [-0.2, 0) is 0 Å². The number of halogens is 1. The van der Waals surface area contributed by atoms with Crippen LogP contribution in [-0.4, -0.2) is 15.9 Å². The van der Waals surface area contributed by atoms with Crippen molar-refractivity contribution in [1.29, 1.82) is 0 Å². The molecule has 1 aliphatic heterocycles. The quantitative estimate of drug-likeness (QED) is 0.775. The van der Waals surface area contributed by atoms with Gasteiger partial charge in [0, 0.05) is 16.8 Å². The van der Waals surface area contributed by atoms with Crippen LogP contribution in [0.2, 0.25) is 5.02 Å². The number of nitrogens with zero attached hydrogens (tertiary/aromatic N) is 3. The van der Waals surface area contributed by atoms with Gasteiger partial charge < -0.3 is 5.43 Å². The standard InChI is InChI=1S/C18H15ClN4/c1-11-14-7-2-3-8-15(14)20-23-18(11)17-10-16(21-22-17)12-5-4-6-13(19)9-12/h2-9,16,21H,10H2,1H3. The molecule has 4 nitrogen and oxygen atoms in total. The summed E-state index contributed by atoms with van der Waals surface area (Å²) in [6, 6.07) is 16.0. The van der Waals surface area contributed by atoms with E-state index in [1.54, 1.807) is 0 Å². The zero-order valence-electron chi connectivity index (χ0n) is 12.6. The highest BCUT2D eigenvalue weighted by atomic mass is 35.5. The summed E-state index contributed by atoms with van der Waals surface area (Å²) in [5, 5.41) is 15.0. The number of rotatable bonds is 2. The maximum atomic E-state index is 6.08. The fraction of sp³-hybridized carbons (Fsp3) is 0.167. The van der Waals surface area contributed by atoms with Gasteiger partial charge >= 0.3 is 0 Å². The van der Waals surface area contributed by atoms with Gasteiger partial charge in [0.1, 0.15) is 5.69 Å². The van der Waals surface area contributed by atoms with Crippen LogP contribution in [0.25, 0.3) is 10.9 Å². The largest absolute Gasteiger partial charge is 0.302 e. The molecule has 1 unspecified atom stereocenters. The summed E-state index contributed by atoms with van der Waals surface area (Å²) < 4.78 is 0. The molecular formula is C18H15ClN4. The van der Waals surface area contributed by atoms with E-state index in [4.69, 9.17) is 11.6 Å². The molecule has 0 saturated heterocycles. The van der Waals surface area contributed by atoms with E-state index in [1.807, 2.05) is 36.4 Å². The lowest BCUT2D eigenvalue weighted by Crippen LogP contribution is -2.10. The van der Waals surface area contributed by atoms with Gasteiger partial charge in [-0.05, 0) is 36.2 Å². The lowest BCUT2D eigenvalue weighted by molar-refractivity contribution is 0.620. The van der Waals surface area contributed by atoms with Gasteiger partial charge in [0.15, 0.2) is 0 Å². The summed E-state index contributed by atoms with van der Waals surface area (Å²) in [4.78, 5) is 0. The number of hydrogen-bond acceptors (Lipinski definition) is 4. The number of benzene rings is 2. The lowest BCUT2D eigenvalue weighted by Gasteiger charge is -2.10. The SMILES string of the molecule is Cc1c(C2=NNC(c3cccc(Cl)c3)C2)nnc2ccccc12. The van der Waals surface area contributed by atoms with E-state index in [0.717, 1.165) is 44.9 Å². The number of aromatic nitrogens is 2. The van der Waals surface area contributed by atoms with Gasteiger partial charge in [0.25, 0.3) is 0 Å². The second-order valence-corrected chi connectivity index (χ2v) is 6.13. The third-order valence-electron chi connectivity index (χ3n) is 4.20. The molecule has 4 rings (SSSR count). The fourth-order valence-corrected chi connectivity index (χ4v) is 3.16. The van der Waals surface area contributed by atoms with Crippen LogP contribution in [0.4, 0.5) is 0 Å². The van der Waals surface area contributed by atoms with E-state index >= 15 is 0 Å².